The SMILES string of the molecule is COC[C@H](C)n1c(C)cc(C(=O)CSc2n[nH]c(-c3cc(Cl)ccc3OC)n2)c1C. The first-order valence-electron chi connectivity index (χ1n) is 9.45. The third-order valence-electron chi connectivity index (χ3n) is 4.85. The van der Waals surface area contributed by atoms with Crippen LogP contribution in [0.3, 0.4) is 0 Å². The molecule has 0 aliphatic rings. The Morgan fingerprint density at radius 2 is 2.07 bits per heavy atom. The van der Waals surface area contributed by atoms with Crippen molar-refractivity contribution in [3.05, 3.63) is 46.2 Å². The summed E-state index contributed by atoms with van der Waals surface area (Å²) in [5.74, 6) is 1.46. The summed E-state index contributed by atoms with van der Waals surface area (Å²) in [6.07, 6.45) is 0. The molecule has 0 fully saturated rings. The Morgan fingerprint density at radius 3 is 2.77 bits per heavy atom. The Bertz CT molecular complexity index is 1050. The second-order valence-electron chi connectivity index (χ2n) is 6.98. The molecule has 160 valence electrons. The quantitative estimate of drug-likeness (QED) is 0.376. The monoisotopic (exact) mass is 448 g/mol. The van der Waals surface area contributed by atoms with Gasteiger partial charge >= 0.3 is 0 Å². The van der Waals surface area contributed by atoms with E-state index in [4.69, 9.17) is 21.1 Å². The van der Waals surface area contributed by atoms with Gasteiger partial charge in [0.15, 0.2) is 11.6 Å². The molecule has 7 nitrogen and oxygen atoms in total. The number of carbonyl (C=O) groups is 1. The van der Waals surface area contributed by atoms with Crippen molar-refractivity contribution in [2.75, 3.05) is 26.6 Å². The number of methoxy groups -OCH3 is 2. The summed E-state index contributed by atoms with van der Waals surface area (Å²) in [7, 11) is 3.26. The number of benzene rings is 1. The van der Waals surface area contributed by atoms with Gasteiger partial charge in [0.05, 0.1) is 31.1 Å². The fraction of sp³-hybridized carbons (Fsp3) is 0.381. The Kier molecular flexibility index (Phi) is 7.23. The second kappa shape index (κ2) is 9.68. The highest BCUT2D eigenvalue weighted by atomic mass is 35.5. The van der Waals surface area contributed by atoms with Gasteiger partial charge in [0.1, 0.15) is 5.75 Å². The Balaban J connectivity index is 1.73. The van der Waals surface area contributed by atoms with Crippen LogP contribution in [0, 0.1) is 13.8 Å². The van der Waals surface area contributed by atoms with Gasteiger partial charge in [-0.2, -0.15) is 0 Å². The van der Waals surface area contributed by atoms with Crippen LogP contribution < -0.4 is 4.74 Å². The third kappa shape index (κ3) is 4.71. The summed E-state index contributed by atoms with van der Waals surface area (Å²) in [6, 6.07) is 7.38. The van der Waals surface area contributed by atoms with Crippen molar-refractivity contribution in [1.29, 1.82) is 0 Å². The molecule has 1 N–H and O–H groups in total. The zero-order valence-corrected chi connectivity index (χ0v) is 19.2. The van der Waals surface area contributed by atoms with Gasteiger partial charge < -0.3 is 14.0 Å². The molecule has 3 aromatic rings. The molecule has 0 radical (unpaired) electrons. The van der Waals surface area contributed by atoms with Gasteiger partial charge in [-0.05, 0) is 45.0 Å². The van der Waals surface area contributed by atoms with Crippen molar-refractivity contribution in [2.24, 2.45) is 0 Å². The number of ether oxygens (including phenoxy) is 2. The first-order valence-corrected chi connectivity index (χ1v) is 10.8. The molecule has 2 heterocycles. The van der Waals surface area contributed by atoms with E-state index in [0.717, 1.165) is 17.0 Å². The number of ketones is 1. The number of nitrogens with zero attached hydrogens (tertiary/aromatic N) is 3. The average Bonchev–Trinajstić information content (AvgIpc) is 3.30. The summed E-state index contributed by atoms with van der Waals surface area (Å²) in [5, 5.41) is 8.17. The summed E-state index contributed by atoms with van der Waals surface area (Å²) >= 11 is 7.38. The van der Waals surface area contributed by atoms with Crippen molar-refractivity contribution in [3.63, 3.8) is 0 Å². The molecule has 0 spiro atoms. The zero-order valence-electron chi connectivity index (χ0n) is 17.7. The number of hydrogen-bond donors (Lipinski definition) is 1. The smallest absolute Gasteiger partial charge is 0.209 e. The molecule has 0 saturated carbocycles. The fourth-order valence-corrected chi connectivity index (χ4v) is 4.41. The molecule has 3 rings (SSSR count). The van der Waals surface area contributed by atoms with Gasteiger partial charge in [0, 0.05) is 29.1 Å². The first-order chi connectivity index (χ1) is 14.3. The molecule has 30 heavy (non-hydrogen) atoms. The Labute approximate surface area is 185 Å². The van der Waals surface area contributed by atoms with Crippen LogP contribution in [0.1, 0.15) is 34.7 Å². The Hall–Kier alpha value is -2.29. The molecular formula is C21H25ClN4O3S. The number of Topliss-reactive ketones (excluding diaryl/α,β-unsaturated/α-hetero) is 1. The number of hydrogen-bond acceptors (Lipinski definition) is 6. The van der Waals surface area contributed by atoms with E-state index in [2.05, 4.69) is 26.7 Å². The minimum Gasteiger partial charge on any atom is -0.496 e. The normalized spacial score (nSPS) is 12.2. The van der Waals surface area contributed by atoms with Crippen molar-refractivity contribution < 1.29 is 14.3 Å². The van der Waals surface area contributed by atoms with Crippen LogP contribution in [0.15, 0.2) is 29.4 Å². The molecule has 0 unspecified atom stereocenters. The standard InChI is InChI=1S/C21H25ClN4O3S/c1-12-8-16(14(3)26(12)13(2)10-28-4)18(27)11-30-21-23-20(24-25-21)17-9-15(22)6-7-19(17)29-5/h6-9,13H,10-11H2,1-5H3,(H,23,24,25)/t13-/m0/s1. The highest BCUT2D eigenvalue weighted by Gasteiger charge is 2.20. The summed E-state index contributed by atoms with van der Waals surface area (Å²) in [5.41, 5.74) is 3.42. The topological polar surface area (TPSA) is 82.0 Å². The predicted octanol–water partition coefficient (Wildman–Crippen LogP) is 4.73. The molecular weight excluding hydrogens is 424 g/mol. The van der Waals surface area contributed by atoms with Crippen LogP contribution in [0.25, 0.3) is 11.4 Å². The van der Waals surface area contributed by atoms with Gasteiger partial charge in [-0.3, -0.25) is 9.89 Å². The number of H-pyrrole nitrogens is 1. The van der Waals surface area contributed by atoms with E-state index in [-0.39, 0.29) is 17.6 Å². The number of nitrogens with one attached hydrogen (secondary N) is 1. The summed E-state index contributed by atoms with van der Waals surface area (Å²) in [4.78, 5) is 17.3. The van der Waals surface area contributed by atoms with Crippen LogP contribution in [-0.4, -0.2) is 52.1 Å². The molecule has 0 amide bonds. The van der Waals surface area contributed by atoms with Gasteiger partial charge in [-0.1, -0.05) is 23.4 Å². The number of rotatable bonds is 9. The number of aromatic nitrogens is 4. The summed E-state index contributed by atoms with van der Waals surface area (Å²) in [6.45, 7) is 6.63. The van der Waals surface area contributed by atoms with E-state index >= 15 is 0 Å². The largest absolute Gasteiger partial charge is 0.496 e. The predicted molar refractivity (Wildman–Crippen MR) is 119 cm³/mol. The van der Waals surface area contributed by atoms with E-state index in [1.165, 1.54) is 11.8 Å². The number of aryl methyl sites for hydroxylation is 1. The van der Waals surface area contributed by atoms with E-state index in [1.807, 2.05) is 19.9 Å². The van der Waals surface area contributed by atoms with Gasteiger partial charge in [-0.15, -0.1) is 5.10 Å². The van der Waals surface area contributed by atoms with Gasteiger partial charge in [0.2, 0.25) is 5.16 Å². The summed E-state index contributed by atoms with van der Waals surface area (Å²) < 4.78 is 12.8. The van der Waals surface area contributed by atoms with Crippen molar-refractivity contribution in [2.45, 2.75) is 32.0 Å². The first kappa shape index (κ1) is 22.4. The lowest BCUT2D eigenvalue weighted by Crippen LogP contribution is -2.14. The molecule has 9 heteroatoms. The maximum absolute atomic E-state index is 12.8. The minimum absolute atomic E-state index is 0.0376. The lowest BCUT2D eigenvalue weighted by atomic mass is 10.2. The van der Waals surface area contributed by atoms with Gasteiger partial charge in [0.25, 0.3) is 0 Å². The van der Waals surface area contributed by atoms with E-state index in [1.54, 1.807) is 32.4 Å². The fourth-order valence-electron chi connectivity index (χ4n) is 3.56. The number of carbonyl (C=O) groups excluding carboxylic acids is 1. The number of aromatic amines is 1. The Morgan fingerprint density at radius 1 is 1.30 bits per heavy atom. The maximum Gasteiger partial charge on any atom is 0.209 e. The number of halogens is 1. The molecule has 0 aliphatic carbocycles. The van der Waals surface area contributed by atoms with Crippen LogP contribution in [0.5, 0.6) is 5.75 Å². The van der Waals surface area contributed by atoms with E-state index < -0.39 is 0 Å². The third-order valence-corrected chi connectivity index (χ3v) is 5.93. The van der Waals surface area contributed by atoms with E-state index in [0.29, 0.717) is 33.9 Å². The lowest BCUT2D eigenvalue weighted by Gasteiger charge is -2.17. The highest BCUT2D eigenvalue weighted by molar-refractivity contribution is 7.99. The van der Waals surface area contributed by atoms with Crippen LogP contribution >= 0.6 is 23.4 Å². The molecule has 0 bridgehead atoms. The number of thioether (sulfide) groups is 1. The van der Waals surface area contributed by atoms with Crippen molar-refractivity contribution >= 4 is 29.1 Å². The maximum atomic E-state index is 12.8. The van der Waals surface area contributed by atoms with Gasteiger partial charge in [-0.25, -0.2) is 4.98 Å². The zero-order chi connectivity index (χ0) is 21.8. The van der Waals surface area contributed by atoms with Crippen LogP contribution in [-0.2, 0) is 4.74 Å². The highest BCUT2D eigenvalue weighted by Crippen LogP contribution is 2.31. The molecule has 2 aromatic heterocycles. The van der Waals surface area contributed by atoms with Crippen LogP contribution in [0.4, 0.5) is 0 Å². The van der Waals surface area contributed by atoms with Crippen molar-refractivity contribution in [1.82, 2.24) is 19.7 Å². The molecule has 1 aromatic carbocycles. The molecule has 0 aliphatic heterocycles. The second-order valence-corrected chi connectivity index (χ2v) is 8.36. The average molecular weight is 449 g/mol. The lowest BCUT2D eigenvalue weighted by molar-refractivity contribution is 0.102. The molecule has 0 saturated heterocycles. The van der Waals surface area contributed by atoms with E-state index in [9.17, 15) is 4.79 Å². The molecule has 1 atom stereocenters. The van der Waals surface area contributed by atoms with Crippen molar-refractivity contribution in [3.8, 4) is 17.1 Å². The van der Waals surface area contributed by atoms with Crippen LogP contribution in [0.2, 0.25) is 5.02 Å². The minimum atomic E-state index is 0.0376.